The highest BCUT2D eigenvalue weighted by Crippen LogP contribution is 2.45. The zero-order chi connectivity index (χ0) is 20.7. The molecule has 0 saturated heterocycles. The van der Waals surface area contributed by atoms with Gasteiger partial charge in [0.1, 0.15) is 5.69 Å². The third kappa shape index (κ3) is 2.82. The summed E-state index contributed by atoms with van der Waals surface area (Å²) in [6.07, 6.45) is 8.78. The van der Waals surface area contributed by atoms with Crippen molar-refractivity contribution in [2.75, 3.05) is 0 Å². The molecule has 3 heterocycles. The van der Waals surface area contributed by atoms with Gasteiger partial charge in [-0.25, -0.2) is 0 Å². The molecule has 146 valence electrons. The molecule has 1 saturated carbocycles. The maximum atomic E-state index is 9.30. The fourth-order valence-electron chi connectivity index (χ4n) is 4.22. The lowest BCUT2D eigenvalue weighted by atomic mass is 9.68. The minimum absolute atomic E-state index is 0.0493. The number of fused-ring (bicyclic) bond motifs is 1. The fraction of sp³-hybridized carbons (Fsp3) is 0.273. The number of nitriles is 2. The van der Waals surface area contributed by atoms with Crippen LogP contribution in [0.2, 0.25) is 0 Å². The highest BCUT2D eigenvalue weighted by Gasteiger charge is 2.48. The summed E-state index contributed by atoms with van der Waals surface area (Å²) in [5.74, 6) is -0.0493. The first-order chi connectivity index (χ1) is 14.6. The molecule has 0 atom stereocenters. The minimum Gasteiger partial charge on any atom is -0.275 e. The predicted molar refractivity (Wildman–Crippen MR) is 110 cm³/mol. The van der Waals surface area contributed by atoms with Crippen LogP contribution < -0.4 is 0 Å². The Kier molecular flexibility index (Phi) is 4.07. The van der Waals surface area contributed by atoms with Crippen molar-refractivity contribution in [3.8, 4) is 34.5 Å². The standard InChI is InChI=1S/C22H18N8/c1-29-14-17(12-26-29)16-7-19(18-3-2-6-25-20(18)8-16)21-13-27-30(28-21)22(4-5-23)9-15(10-22)11-24/h2-3,6-8,12-15H,4,9-10H2,1H3/t15-,22+. The van der Waals surface area contributed by atoms with E-state index in [0.717, 1.165) is 33.3 Å². The van der Waals surface area contributed by atoms with Gasteiger partial charge >= 0.3 is 0 Å². The SMILES string of the molecule is Cn1cc(-c2cc(-c3cnn([C@]4(CC#N)C[C@H](C#N)C4)n3)c3cccnc3c2)cn1. The van der Waals surface area contributed by atoms with Gasteiger partial charge in [0.15, 0.2) is 0 Å². The maximum absolute atomic E-state index is 9.30. The summed E-state index contributed by atoms with van der Waals surface area (Å²) in [5.41, 5.74) is 4.01. The average Bonchev–Trinajstić information content (AvgIpc) is 3.39. The van der Waals surface area contributed by atoms with Crippen LogP contribution in [-0.4, -0.2) is 29.8 Å². The number of aromatic nitrogens is 6. The first-order valence-corrected chi connectivity index (χ1v) is 9.69. The van der Waals surface area contributed by atoms with E-state index < -0.39 is 5.54 Å². The number of nitrogens with zero attached hydrogens (tertiary/aromatic N) is 8. The van der Waals surface area contributed by atoms with Gasteiger partial charge in [-0.2, -0.15) is 30.6 Å². The molecule has 8 nitrogen and oxygen atoms in total. The summed E-state index contributed by atoms with van der Waals surface area (Å²) in [4.78, 5) is 6.17. The zero-order valence-electron chi connectivity index (χ0n) is 16.4. The van der Waals surface area contributed by atoms with Crippen LogP contribution in [0.15, 0.2) is 49.1 Å². The molecule has 1 aliphatic carbocycles. The Hall–Kier alpha value is -4.04. The van der Waals surface area contributed by atoms with Crippen molar-refractivity contribution < 1.29 is 0 Å². The third-order valence-corrected chi connectivity index (χ3v) is 5.79. The van der Waals surface area contributed by atoms with Gasteiger partial charge in [0.05, 0.1) is 47.9 Å². The van der Waals surface area contributed by atoms with Gasteiger partial charge in [-0.15, -0.1) is 0 Å². The van der Waals surface area contributed by atoms with Gasteiger partial charge in [-0.3, -0.25) is 9.67 Å². The molecule has 0 spiro atoms. The minimum atomic E-state index is -0.498. The molecule has 3 aromatic heterocycles. The predicted octanol–water partition coefficient (Wildman–Crippen LogP) is 3.44. The van der Waals surface area contributed by atoms with Crippen LogP contribution >= 0.6 is 0 Å². The number of pyridine rings is 1. The Balaban J connectivity index is 1.62. The molecule has 0 N–H and O–H groups in total. The molecule has 0 bridgehead atoms. The molecule has 8 heteroatoms. The van der Waals surface area contributed by atoms with Crippen LogP contribution in [0.5, 0.6) is 0 Å². The number of aryl methyl sites for hydroxylation is 1. The van der Waals surface area contributed by atoms with Crippen molar-refractivity contribution in [2.24, 2.45) is 13.0 Å². The number of rotatable bonds is 4. The summed E-state index contributed by atoms with van der Waals surface area (Å²) in [6, 6.07) is 12.6. The molecule has 30 heavy (non-hydrogen) atoms. The van der Waals surface area contributed by atoms with Crippen LogP contribution in [0.3, 0.4) is 0 Å². The van der Waals surface area contributed by atoms with E-state index in [1.165, 1.54) is 0 Å². The van der Waals surface area contributed by atoms with Crippen LogP contribution in [0.25, 0.3) is 33.3 Å². The lowest BCUT2D eigenvalue weighted by molar-refractivity contribution is 0.0713. The zero-order valence-corrected chi connectivity index (χ0v) is 16.4. The number of hydrogen-bond acceptors (Lipinski definition) is 6. The summed E-state index contributed by atoms with van der Waals surface area (Å²) in [7, 11) is 1.89. The molecule has 0 radical (unpaired) electrons. The van der Waals surface area contributed by atoms with Gasteiger partial charge in [0, 0.05) is 36.0 Å². The summed E-state index contributed by atoms with van der Waals surface area (Å²) in [6.45, 7) is 0. The summed E-state index contributed by atoms with van der Waals surface area (Å²) in [5, 5.41) is 33.0. The first kappa shape index (κ1) is 18.0. The van der Waals surface area contributed by atoms with Crippen LogP contribution in [-0.2, 0) is 12.6 Å². The second-order valence-electron chi connectivity index (χ2n) is 7.81. The number of benzene rings is 1. The Morgan fingerprint density at radius 2 is 2.03 bits per heavy atom. The molecule has 0 aliphatic heterocycles. The lowest BCUT2D eigenvalue weighted by Crippen LogP contribution is -2.47. The smallest absolute Gasteiger partial charge is 0.113 e. The second-order valence-corrected chi connectivity index (χ2v) is 7.81. The Bertz CT molecular complexity index is 1330. The van der Waals surface area contributed by atoms with E-state index in [2.05, 4.69) is 33.4 Å². The summed E-state index contributed by atoms with van der Waals surface area (Å²) >= 11 is 0. The van der Waals surface area contributed by atoms with E-state index >= 15 is 0 Å². The molecule has 1 aromatic carbocycles. The van der Waals surface area contributed by atoms with Gasteiger partial charge in [0.2, 0.25) is 0 Å². The van der Waals surface area contributed by atoms with Gasteiger partial charge in [0.25, 0.3) is 0 Å². The van der Waals surface area contributed by atoms with Crippen molar-refractivity contribution in [1.29, 1.82) is 10.5 Å². The molecular formula is C22H18N8. The Morgan fingerprint density at radius 3 is 2.77 bits per heavy atom. The van der Waals surface area contributed by atoms with E-state index in [0.29, 0.717) is 12.8 Å². The van der Waals surface area contributed by atoms with Crippen molar-refractivity contribution in [3.63, 3.8) is 0 Å². The van der Waals surface area contributed by atoms with Gasteiger partial charge in [-0.05, 0) is 36.6 Å². The maximum Gasteiger partial charge on any atom is 0.113 e. The van der Waals surface area contributed by atoms with Gasteiger partial charge < -0.3 is 0 Å². The van der Waals surface area contributed by atoms with Crippen molar-refractivity contribution in [3.05, 3.63) is 49.1 Å². The largest absolute Gasteiger partial charge is 0.275 e. The van der Waals surface area contributed by atoms with Crippen molar-refractivity contribution in [1.82, 2.24) is 29.8 Å². The van der Waals surface area contributed by atoms with E-state index in [4.69, 9.17) is 5.10 Å². The van der Waals surface area contributed by atoms with Crippen molar-refractivity contribution in [2.45, 2.75) is 24.8 Å². The molecular weight excluding hydrogens is 376 g/mol. The third-order valence-electron chi connectivity index (χ3n) is 5.79. The van der Waals surface area contributed by atoms with E-state index in [1.807, 2.05) is 37.6 Å². The molecule has 1 fully saturated rings. The van der Waals surface area contributed by atoms with E-state index in [1.54, 1.807) is 21.9 Å². The highest BCUT2D eigenvalue weighted by molar-refractivity contribution is 5.97. The Morgan fingerprint density at radius 1 is 1.17 bits per heavy atom. The molecule has 0 amide bonds. The first-order valence-electron chi connectivity index (χ1n) is 9.69. The van der Waals surface area contributed by atoms with Gasteiger partial charge in [-0.1, -0.05) is 6.07 Å². The van der Waals surface area contributed by atoms with E-state index in [9.17, 15) is 10.5 Å². The lowest BCUT2D eigenvalue weighted by Gasteiger charge is -2.42. The van der Waals surface area contributed by atoms with Crippen LogP contribution in [0, 0.1) is 28.6 Å². The van der Waals surface area contributed by atoms with Crippen molar-refractivity contribution >= 4 is 10.9 Å². The highest BCUT2D eigenvalue weighted by atomic mass is 15.5. The molecule has 4 aromatic rings. The second kappa shape index (κ2) is 6.78. The quantitative estimate of drug-likeness (QED) is 0.524. The van der Waals surface area contributed by atoms with Crippen LogP contribution in [0.4, 0.5) is 0 Å². The molecule has 0 unspecified atom stereocenters. The van der Waals surface area contributed by atoms with E-state index in [-0.39, 0.29) is 12.3 Å². The average molecular weight is 394 g/mol. The molecule has 5 rings (SSSR count). The number of hydrogen-bond donors (Lipinski definition) is 0. The summed E-state index contributed by atoms with van der Waals surface area (Å²) < 4.78 is 1.77. The normalized spacial score (nSPS) is 20.4. The fourth-order valence-corrected chi connectivity index (χ4v) is 4.22. The monoisotopic (exact) mass is 394 g/mol. The van der Waals surface area contributed by atoms with Crippen LogP contribution in [0.1, 0.15) is 19.3 Å². The Labute approximate surface area is 173 Å². The molecule has 1 aliphatic rings. The topological polar surface area (TPSA) is 109 Å².